The van der Waals surface area contributed by atoms with Crippen molar-refractivity contribution < 1.29 is 48.0 Å². The first-order valence-electron chi connectivity index (χ1n) is 20.9. The van der Waals surface area contributed by atoms with Gasteiger partial charge in [-0.2, -0.15) is 0 Å². The second-order valence-corrected chi connectivity index (χ2v) is 19.6. The molecule has 1 fully saturated rings. The largest absolute Gasteiger partial charge is 0.480 e. The molecule has 2 rings (SSSR count). The predicted octanol–water partition coefficient (Wildman–Crippen LogP) is 3.92. The Morgan fingerprint density at radius 2 is 0.949 bits per heavy atom. The average Bonchev–Trinajstić information content (AvgIpc) is 3.03. The first kappa shape index (κ1) is 51.5. The molecule has 1 aliphatic rings. The second-order valence-electron chi connectivity index (χ2n) is 19.6. The molecule has 0 saturated carbocycles. The fourth-order valence-electron chi connectivity index (χ4n) is 6.58. The third-order valence-electron chi connectivity index (χ3n) is 9.02. The molecule has 0 aliphatic carbocycles. The van der Waals surface area contributed by atoms with Crippen molar-refractivity contribution in [3.8, 4) is 0 Å². The van der Waals surface area contributed by atoms with Gasteiger partial charge in [0.2, 0.25) is 0 Å². The molecule has 0 unspecified atom stereocenters. The quantitative estimate of drug-likeness (QED) is 0.192. The van der Waals surface area contributed by atoms with E-state index < -0.39 is 46.4 Å². The number of hydrogen-bond acceptors (Lipinski definition) is 14. The molecule has 0 radical (unpaired) electrons. The van der Waals surface area contributed by atoms with Gasteiger partial charge in [0.05, 0.1) is 26.2 Å². The molecule has 0 amide bonds. The van der Waals surface area contributed by atoms with Crippen LogP contribution in [0.3, 0.4) is 0 Å². The van der Waals surface area contributed by atoms with E-state index in [1.54, 1.807) is 0 Å². The minimum atomic E-state index is -1.02. The molecule has 15 heteroatoms. The molecule has 2 atom stereocenters. The molecule has 59 heavy (non-hydrogen) atoms. The summed E-state index contributed by atoms with van der Waals surface area (Å²) >= 11 is 0. The number of carboxylic acid groups (broad SMARTS) is 1. The Morgan fingerprint density at radius 1 is 0.593 bits per heavy atom. The van der Waals surface area contributed by atoms with Crippen molar-refractivity contribution in [1.29, 1.82) is 0 Å². The van der Waals surface area contributed by atoms with Crippen LogP contribution in [0.15, 0.2) is 24.3 Å². The van der Waals surface area contributed by atoms with Gasteiger partial charge in [0.15, 0.2) is 0 Å². The van der Waals surface area contributed by atoms with E-state index in [1.807, 2.05) is 122 Å². The topological polar surface area (TPSA) is 181 Å². The highest BCUT2D eigenvalue weighted by Gasteiger charge is 2.31. The number of esters is 4. The number of benzene rings is 1. The van der Waals surface area contributed by atoms with Crippen LogP contribution in [0.25, 0.3) is 0 Å². The Bertz CT molecular complexity index is 1510. The van der Waals surface area contributed by atoms with E-state index in [0.717, 1.165) is 11.1 Å². The Kier molecular flexibility index (Phi) is 19.9. The van der Waals surface area contributed by atoms with E-state index in [1.165, 1.54) is 0 Å². The van der Waals surface area contributed by atoms with Gasteiger partial charge in [-0.1, -0.05) is 24.3 Å². The maximum Gasteiger partial charge on any atom is 0.320 e. The zero-order chi connectivity index (χ0) is 44.8. The van der Waals surface area contributed by atoms with Gasteiger partial charge in [-0.05, 0) is 120 Å². The highest BCUT2D eigenvalue weighted by molar-refractivity contribution is 5.74. The molecule has 1 aliphatic heterocycles. The van der Waals surface area contributed by atoms with E-state index in [-0.39, 0.29) is 44.2 Å². The van der Waals surface area contributed by atoms with Crippen LogP contribution in [-0.4, -0.2) is 161 Å². The van der Waals surface area contributed by atoms with Gasteiger partial charge in [-0.3, -0.25) is 43.6 Å². The Labute approximate surface area is 353 Å². The first-order chi connectivity index (χ1) is 27.1. The summed E-state index contributed by atoms with van der Waals surface area (Å²) in [6, 6.07) is 6.88. The van der Waals surface area contributed by atoms with Crippen LogP contribution in [-0.2, 0) is 55.8 Å². The van der Waals surface area contributed by atoms with Crippen molar-refractivity contribution in [2.24, 2.45) is 5.73 Å². The van der Waals surface area contributed by atoms with E-state index in [4.69, 9.17) is 29.8 Å². The highest BCUT2D eigenvalue weighted by Crippen LogP contribution is 2.18. The summed E-state index contributed by atoms with van der Waals surface area (Å²) in [4.78, 5) is 72.6. The van der Waals surface area contributed by atoms with Crippen molar-refractivity contribution in [2.75, 3.05) is 72.0 Å². The maximum absolute atomic E-state index is 13.6. The fourth-order valence-corrected chi connectivity index (χ4v) is 6.58. The molecule has 15 nitrogen and oxygen atoms in total. The van der Waals surface area contributed by atoms with Crippen molar-refractivity contribution >= 4 is 29.8 Å². The standard InChI is InChI=1S/C44H75N5O10/c1-41(2,3)56-36(50)28-46-20-21-47(29-37(51)57-42(4,5)6)24-25-49(31-39(53)59-44(10,11)12)34(27-48(23-22-46)30-38(52)58-43(7,8)9)26-33-18-16-32(17-19-33)14-13-15-35(45)40(54)55/h16-19,34-35H,13-15,20-31,45H2,1-12H3,(H,54,55)/t34-,35-/m0/s1. The second kappa shape index (κ2) is 22.8. The molecule has 1 aromatic rings. The van der Waals surface area contributed by atoms with Crippen LogP contribution in [0.1, 0.15) is 107 Å². The Hall–Kier alpha value is -3.63. The van der Waals surface area contributed by atoms with Crippen molar-refractivity contribution in [2.45, 2.75) is 143 Å². The molecule has 1 saturated heterocycles. The summed E-state index contributed by atoms with van der Waals surface area (Å²) in [5.74, 6) is -2.57. The molecule has 3 N–H and O–H groups in total. The highest BCUT2D eigenvalue weighted by atomic mass is 16.6. The van der Waals surface area contributed by atoms with E-state index in [0.29, 0.717) is 71.5 Å². The maximum atomic E-state index is 13.6. The number of aryl methyl sites for hydroxylation is 1. The molecule has 1 aromatic carbocycles. The summed E-state index contributed by atoms with van der Waals surface area (Å²) < 4.78 is 23.0. The van der Waals surface area contributed by atoms with Crippen LogP contribution >= 0.6 is 0 Å². The number of carbonyl (C=O) groups excluding carboxylic acids is 4. The number of rotatable bonds is 15. The van der Waals surface area contributed by atoms with E-state index in [2.05, 4.69) is 4.90 Å². The lowest BCUT2D eigenvalue weighted by Gasteiger charge is -2.39. The normalized spacial score (nSPS) is 18.2. The Balaban J connectivity index is 2.60. The van der Waals surface area contributed by atoms with Crippen molar-refractivity contribution in [3.05, 3.63) is 35.4 Å². The minimum Gasteiger partial charge on any atom is -0.480 e. The summed E-state index contributed by atoms with van der Waals surface area (Å²) in [6.07, 6.45) is 2.17. The van der Waals surface area contributed by atoms with Gasteiger partial charge in [-0.15, -0.1) is 0 Å². The monoisotopic (exact) mass is 834 g/mol. The van der Waals surface area contributed by atoms with E-state index >= 15 is 0 Å². The van der Waals surface area contributed by atoms with Crippen LogP contribution in [0.5, 0.6) is 0 Å². The summed E-state index contributed by atoms with van der Waals surface area (Å²) in [7, 11) is 0. The lowest BCUT2D eigenvalue weighted by molar-refractivity contribution is -0.160. The first-order valence-corrected chi connectivity index (χ1v) is 20.9. The lowest BCUT2D eigenvalue weighted by atomic mass is 9.99. The van der Waals surface area contributed by atoms with Gasteiger partial charge in [0.1, 0.15) is 28.4 Å². The lowest BCUT2D eigenvalue weighted by Crippen LogP contribution is -2.54. The number of hydrogen-bond donors (Lipinski definition) is 2. The summed E-state index contributed by atoms with van der Waals surface area (Å²) in [6.45, 7) is 24.6. The summed E-state index contributed by atoms with van der Waals surface area (Å²) in [5.41, 5.74) is 4.98. The van der Waals surface area contributed by atoms with Crippen LogP contribution in [0, 0.1) is 0 Å². The van der Waals surface area contributed by atoms with Gasteiger partial charge in [0, 0.05) is 51.9 Å². The number of aliphatic carboxylic acids is 1. The van der Waals surface area contributed by atoms with Gasteiger partial charge >= 0.3 is 29.8 Å². The molecular formula is C44H75N5O10. The zero-order valence-electron chi connectivity index (χ0n) is 38.1. The number of nitrogens with two attached hydrogens (primary N) is 1. The molecule has 336 valence electrons. The van der Waals surface area contributed by atoms with Crippen LogP contribution < -0.4 is 5.73 Å². The molecule has 0 aromatic heterocycles. The smallest absolute Gasteiger partial charge is 0.320 e. The van der Waals surface area contributed by atoms with Crippen LogP contribution in [0.4, 0.5) is 0 Å². The van der Waals surface area contributed by atoms with Crippen LogP contribution in [0.2, 0.25) is 0 Å². The number of carbonyl (C=O) groups is 5. The average molecular weight is 834 g/mol. The number of ether oxygens (including phenoxy) is 4. The molecule has 0 spiro atoms. The predicted molar refractivity (Wildman–Crippen MR) is 227 cm³/mol. The third-order valence-corrected chi connectivity index (χ3v) is 9.02. The zero-order valence-corrected chi connectivity index (χ0v) is 38.1. The van der Waals surface area contributed by atoms with Gasteiger partial charge in [-0.25, -0.2) is 0 Å². The molecule has 1 heterocycles. The SMILES string of the molecule is CC(C)(C)OC(=O)CN1CCN(CC(=O)OC(C)(C)C)CCN(CC(=O)OC(C)(C)C)[C@@H](Cc2ccc(CCC[C@H](N)C(=O)O)cc2)CN(CC(=O)OC(C)(C)C)CC1. The van der Waals surface area contributed by atoms with Gasteiger partial charge in [0.25, 0.3) is 0 Å². The number of nitrogens with zero attached hydrogens (tertiary/aromatic N) is 4. The minimum absolute atomic E-state index is 0.00604. The molecular weight excluding hydrogens is 759 g/mol. The van der Waals surface area contributed by atoms with E-state index in [9.17, 15) is 24.0 Å². The van der Waals surface area contributed by atoms with Crippen molar-refractivity contribution in [1.82, 2.24) is 19.6 Å². The molecule has 0 bridgehead atoms. The summed E-state index contributed by atoms with van der Waals surface area (Å²) in [5, 5.41) is 9.17. The Morgan fingerprint density at radius 3 is 1.36 bits per heavy atom. The third kappa shape index (κ3) is 23.7. The van der Waals surface area contributed by atoms with Gasteiger partial charge < -0.3 is 29.8 Å². The number of carboxylic acids is 1. The van der Waals surface area contributed by atoms with Crippen molar-refractivity contribution in [3.63, 3.8) is 0 Å². The fraction of sp³-hybridized carbons (Fsp3) is 0.750.